The highest BCUT2D eigenvalue weighted by molar-refractivity contribution is 5.27. The van der Waals surface area contributed by atoms with E-state index in [9.17, 15) is 13.2 Å². The van der Waals surface area contributed by atoms with Crippen molar-refractivity contribution in [2.24, 2.45) is 0 Å². The van der Waals surface area contributed by atoms with E-state index < -0.39 is 12.6 Å². The normalized spacial score (nSPS) is 13.9. The van der Waals surface area contributed by atoms with E-state index in [4.69, 9.17) is 0 Å². The third-order valence-corrected chi connectivity index (χ3v) is 3.13. The summed E-state index contributed by atoms with van der Waals surface area (Å²) in [4.78, 5) is 0. The predicted octanol–water partition coefficient (Wildman–Crippen LogP) is 3.12. The van der Waals surface area contributed by atoms with Gasteiger partial charge in [-0.3, -0.25) is 4.68 Å². The summed E-state index contributed by atoms with van der Waals surface area (Å²) in [5.74, 6) is 0. The van der Waals surface area contributed by atoms with Crippen molar-refractivity contribution in [2.75, 3.05) is 7.05 Å². The number of nitrogens with zero attached hydrogens (tertiary/aromatic N) is 2. The van der Waals surface area contributed by atoms with Gasteiger partial charge in [0.05, 0.1) is 5.69 Å². The van der Waals surface area contributed by atoms with Gasteiger partial charge in [0.1, 0.15) is 0 Å². The van der Waals surface area contributed by atoms with Crippen molar-refractivity contribution in [1.29, 1.82) is 0 Å². The van der Waals surface area contributed by atoms with Gasteiger partial charge in [-0.2, -0.15) is 18.3 Å². The molecule has 0 radical (unpaired) electrons. The lowest BCUT2D eigenvalue weighted by molar-refractivity contribution is -0.136. The van der Waals surface area contributed by atoms with Crippen LogP contribution in [0, 0.1) is 13.8 Å². The zero-order chi connectivity index (χ0) is 13.9. The van der Waals surface area contributed by atoms with Gasteiger partial charge < -0.3 is 5.32 Å². The number of nitrogens with one attached hydrogen (secondary N) is 1. The van der Waals surface area contributed by atoms with Crippen LogP contribution in [0.15, 0.2) is 0 Å². The lowest BCUT2D eigenvalue weighted by Gasteiger charge is -2.11. The van der Waals surface area contributed by atoms with Crippen LogP contribution in [0.2, 0.25) is 0 Å². The van der Waals surface area contributed by atoms with Gasteiger partial charge in [-0.15, -0.1) is 0 Å². The van der Waals surface area contributed by atoms with Crippen LogP contribution in [0.5, 0.6) is 0 Å². The zero-order valence-electron chi connectivity index (χ0n) is 11.2. The Morgan fingerprint density at radius 2 is 1.94 bits per heavy atom. The van der Waals surface area contributed by atoms with E-state index in [2.05, 4.69) is 10.4 Å². The van der Waals surface area contributed by atoms with Crippen LogP contribution in [0.3, 0.4) is 0 Å². The molecular formula is C12H20F3N3. The molecule has 3 nitrogen and oxygen atoms in total. The maximum Gasteiger partial charge on any atom is 0.389 e. The molecule has 0 aromatic carbocycles. The van der Waals surface area contributed by atoms with Crippen molar-refractivity contribution < 1.29 is 13.2 Å². The molecule has 18 heavy (non-hydrogen) atoms. The van der Waals surface area contributed by atoms with Gasteiger partial charge in [-0.25, -0.2) is 0 Å². The van der Waals surface area contributed by atoms with Crippen LogP contribution < -0.4 is 5.32 Å². The van der Waals surface area contributed by atoms with E-state index in [1.165, 1.54) is 0 Å². The van der Waals surface area contributed by atoms with Crippen LogP contribution >= 0.6 is 0 Å². The van der Waals surface area contributed by atoms with Crippen LogP contribution in [0.4, 0.5) is 13.2 Å². The van der Waals surface area contributed by atoms with Gasteiger partial charge in [0, 0.05) is 30.3 Å². The summed E-state index contributed by atoms with van der Waals surface area (Å²) in [7, 11) is 1.85. The average Bonchev–Trinajstić information content (AvgIpc) is 2.52. The third kappa shape index (κ3) is 3.73. The predicted molar refractivity (Wildman–Crippen MR) is 64.5 cm³/mol. The van der Waals surface area contributed by atoms with E-state index in [0.717, 1.165) is 17.0 Å². The van der Waals surface area contributed by atoms with Gasteiger partial charge in [-0.1, -0.05) is 0 Å². The molecule has 1 aromatic heterocycles. The molecule has 1 atom stereocenters. The van der Waals surface area contributed by atoms with Crippen LogP contribution in [0.1, 0.15) is 42.8 Å². The molecule has 0 saturated carbocycles. The fourth-order valence-corrected chi connectivity index (χ4v) is 2.13. The second-order valence-corrected chi connectivity index (χ2v) is 4.54. The van der Waals surface area contributed by atoms with Crippen LogP contribution in [-0.4, -0.2) is 23.0 Å². The molecule has 0 fully saturated rings. The Morgan fingerprint density at radius 3 is 2.44 bits per heavy atom. The molecule has 6 heteroatoms. The van der Waals surface area contributed by atoms with Gasteiger partial charge in [0.25, 0.3) is 0 Å². The smallest absolute Gasteiger partial charge is 0.313 e. The molecule has 1 N–H and O–H groups in total. The van der Waals surface area contributed by atoms with E-state index in [1.807, 2.05) is 27.8 Å². The highest BCUT2D eigenvalue weighted by Crippen LogP contribution is 2.24. The topological polar surface area (TPSA) is 29.9 Å². The molecule has 1 unspecified atom stereocenters. The SMILES string of the molecule is CNC(C)c1c(C)nn(CCCC(F)(F)F)c1C. The standard InChI is InChI=1S/C12H20F3N3/c1-8(16-4)11-9(2)17-18(10(11)3)7-5-6-12(13,14)15/h8,16H,5-7H2,1-4H3. The van der Waals surface area contributed by atoms with E-state index in [-0.39, 0.29) is 12.5 Å². The third-order valence-electron chi connectivity index (χ3n) is 3.13. The molecule has 0 amide bonds. The summed E-state index contributed by atoms with van der Waals surface area (Å²) < 4.78 is 37.9. The largest absolute Gasteiger partial charge is 0.389 e. The fourth-order valence-electron chi connectivity index (χ4n) is 2.13. The lowest BCUT2D eigenvalue weighted by Crippen LogP contribution is -2.14. The summed E-state index contributed by atoms with van der Waals surface area (Å²) in [5, 5.41) is 7.43. The number of halogens is 3. The first-order valence-corrected chi connectivity index (χ1v) is 6.04. The van der Waals surface area contributed by atoms with Crippen molar-refractivity contribution in [3.63, 3.8) is 0 Å². The number of aryl methyl sites for hydroxylation is 2. The molecule has 1 rings (SSSR count). The Bertz CT molecular complexity index is 396. The van der Waals surface area contributed by atoms with E-state index >= 15 is 0 Å². The Hall–Kier alpha value is -1.04. The molecule has 0 spiro atoms. The van der Waals surface area contributed by atoms with Gasteiger partial charge in [0.15, 0.2) is 0 Å². The van der Waals surface area contributed by atoms with Crippen molar-refractivity contribution in [3.8, 4) is 0 Å². The number of hydrogen-bond donors (Lipinski definition) is 1. The minimum absolute atomic E-state index is 0.0683. The second kappa shape index (κ2) is 5.73. The van der Waals surface area contributed by atoms with Gasteiger partial charge in [-0.05, 0) is 34.2 Å². The number of hydrogen-bond acceptors (Lipinski definition) is 2. The molecule has 0 aliphatic carbocycles. The summed E-state index contributed by atoms with van der Waals surface area (Å²) >= 11 is 0. The van der Waals surface area contributed by atoms with Crippen LogP contribution in [0.25, 0.3) is 0 Å². The first-order valence-electron chi connectivity index (χ1n) is 6.04. The number of rotatable bonds is 5. The minimum Gasteiger partial charge on any atom is -0.313 e. The summed E-state index contributed by atoms with van der Waals surface area (Å²) in [5.41, 5.74) is 2.89. The number of aromatic nitrogens is 2. The zero-order valence-corrected chi connectivity index (χ0v) is 11.2. The summed E-state index contributed by atoms with van der Waals surface area (Å²) in [6.07, 6.45) is -4.78. The minimum atomic E-state index is -4.09. The van der Waals surface area contributed by atoms with E-state index in [0.29, 0.717) is 6.54 Å². The van der Waals surface area contributed by atoms with Crippen LogP contribution in [-0.2, 0) is 6.54 Å². The Kier molecular flexibility index (Phi) is 4.78. The molecule has 0 saturated heterocycles. The fraction of sp³-hybridized carbons (Fsp3) is 0.750. The first-order chi connectivity index (χ1) is 8.26. The average molecular weight is 263 g/mol. The maximum atomic E-state index is 12.1. The maximum absolute atomic E-state index is 12.1. The van der Waals surface area contributed by atoms with Gasteiger partial charge in [0.2, 0.25) is 0 Å². The molecule has 0 bridgehead atoms. The Labute approximate surface area is 105 Å². The molecule has 1 heterocycles. The molecular weight excluding hydrogens is 243 g/mol. The highest BCUT2D eigenvalue weighted by atomic mass is 19.4. The van der Waals surface area contributed by atoms with Crippen molar-refractivity contribution in [1.82, 2.24) is 15.1 Å². The lowest BCUT2D eigenvalue weighted by atomic mass is 10.1. The quantitative estimate of drug-likeness (QED) is 0.884. The second-order valence-electron chi connectivity index (χ2n) is 4.54. The van der Waals surface area contributed by atoms with Crippen molar-refractivity contribution >= 4 is 0 Å². The van der Waals surface area contributed by atoms with Crippen molar-refractivity contribution in [2.45, 2.75) is 52.4 Å². The summed E-state index contributed by atoms with van der Waals surface area (Å²) in [6, 6.07) is 0.154. The van der Waals surface area contributed by atoms with Crippen molar-refractivity contribution in [3.05, 3.63) is 17.0 Å². The molecule has 0 aliphatic heterocycles. The molecule has 104 valence electrons. The van der Waals surface area contributed by atoms with E-state index in [1.54, 1.807) is 4.68 Å². The monoisotopic (exact) mass is 263 g/mol. The highest BCUT2D eigenvalue weighted by Gasteiger charge is 2.26. The van der Waals surface area contributed by atoms with Gasteiger partial charge >= 0.3 is 6.18 Å². The first kappa shape index (κ1) is 15.0. The molecule has 0 aliphatic rings. The summed E-state index contributed by atoms with van der Waals surface area (Å²) in [6.45, 7) is 6.10. The number of alkyl halides is 3. The Balaban J connectivity index is 2.74. The molecule has 1 aromatic rings. The Morgan fingerprint density at radius 1 is 1.33 bits per heavy atom.